The van der Waals surface area contributed by atoms with E-state index in [4.69, 9.17) is 44.8 Å². The molecule has 3 saturated heterocycles. The summed E-state index contributed by atoms with van der Waals surface area (Å²) in [5.74, 6) is -2.24. The number of hydrogen-bond acceptors (Lipinski definition) is 15. The van der Waals surface area contributed by atoms with Gasteiger partial charge in [0.25, 0.3) is 0 Å². The van der Waals surface area contributed by atoms with Gasteiger partial charge in [-0.1, -0.05) is 51.4 Å². The van der Waals surface area contributed by atoms with Crippen LogP contribution in [0.2, 0.25) is 5.02 Å². The molecule has 18 atom stereocenters. The maximum absolute atomic E-state index is 14.6. The van der Waals surface area contributed by atoms with Gasteiger partial charge >= 0.3 is 5.97 Å². The van der Waals surface area contributed by atoms with Crippen molar-refractivity contribution in [1.29, 1.82) is 0 Å². The molecule has 1 aromatic rings. The van der Waals surface area contributed by atoms with E-state index in [2.05, 4.69) is 15.5 Å². The summed E-state index contributed by atoms with van der Waals surface area (Å²) >= 11 is 6.65. The van der Waals surface area contributed by atoms with Crippen LogP contribution in [0.4, 0.5) is 0 Å². The Balaban J connectivity index is 1.87. The largest absolute Gasteiger partial charge is 0.482 e. The molecule has 0 aliphatic carbocycles. The SMILES string of the molecule is CCCNC[C@]1(O)[C@H](C)O[C@@H](OC2C(C)C(=O)OC(CC)C(C)(O)C(O)C(C)NCC(C)CC(C)(O)C(O[C@@H]3O[C@H](C)C[C@H](N(C)C)[C@H]3Oc3ccccc3Cl)C2C)C[C@@]1(C)OC. The van der Waals surface area contributed by atoms with Crippen molar-refractivity contribution < 1.29 is 58.4 Å². The van der Waals surface area contributed by atoms with E-state index in [1.54, 1.807) is 53.9 Å². The van der Waals surface area contributed by atoms with Crippen molar-refractivity contribution in [2.24, 2.45) is 17.8 Å². The molecular formula is C47H82ClN3O12. The van der Waals surface area contributed by atoms with E-state index >= 15 is 0 Å². The highest BCUT2D eigenvalue weighted by Crippen LogP contribution is 2.43. The van der Waals surface area contributed by atoms with E-state index in [1.807, 2.05) is 60.8 Å². The molecule has 6 N–H and O–H groups in total. The third kappa shape index (κ3) is 12.5. The minimum Gasteiger partial charge on any atom is -0.482 e. The van der Waals surface area contributed by atoms with Crippen molar-refractivity contribution in [1.82, 2.24) is 15.5 Å². The number of ether oxygens (including phenoxy) is 7. The molecule has 3 heterocycles. The van der Waals surface area contributed by atoms with E-state index in [0.717, 1.165) is 6.42 Å². The van der Waals surface area contributed by atoms with Gasteiger partial charge in [0.1, 0.15) is 34.8 Å². The second-order valence-corrected chi connectivity index (χ2v) is 20.1. The summed E-state index contributed by atoms with van der Waals surface area (Å²) in [5.41, 5.74) is -6.01. The molecule has 0 amide bonds. The summed E-state index contributed by atoms with van der Waals surface area (Å²) in [5, 5.41) is 55.4. The fourth-order valence-electron chi connectivity index (χ4n) is 10.0. The first kappa shape index (κ1) is 53.9. The van der Waals surface area contributed by atoms with Crippen LogP contribution in [0.3, 0.4) is 0 Å². The molecule has 3 aliphatic rings. The number of carbonyl (C=O) groups is 1. The lowest BCUT2D eigenvalue weighted by atomic mass is 9.75. The van der Waals surface area contributed by atoms with Crippen molar-refractivity contribution in [3.63, 3.8) is 0 Å². The second-order valence-electron chi connectivity index (χ2n) is 19.7. The molecule has 4 rings (SSSR count). The predicted octanol–water partition coefficient (Wildman–Crippen LogP) is 4.67. The maximum Gasteiger partial charge on any atom is 0.311 e. The predicted molar refractivity (Wildman–Crippen MR) is 242 cm³/mol. The highest BCUT2D eigenvalue weighted by molar-refractivity contribution is 6.32. The lowest BCUT2D eigenvalue weighted by Crippen LogP contribution is -2.70. The summed E-state index contributed by atoms with van der Waals surface area (Å²) in [6.45, 7) is 21.1. The van der Waals surface area contributed by atoms with Crippen LogP contribution >= 0.6 is 11.6 Å². The van der Waals surface area contributed by atoms with Gasteiger partial charge in [0.2, 0.25) is 0 Å². The molecule has 0 saturated carbocycles. The van der Waals surface area contributed by atoms with Gasteiger partial charge in [-0.15, -0.1) is 0 Å². The number of halogens is 1. The summed E-state index contributed by atoms with van der Waals surface area (Å²) < 4.78 is 46.1. The van der Waals surface area contributed by atoms with E-state index in [0.29, 0.717) is 30.3 Å². The fourth-order valence-corrected chi connectivity index (χ4v) is 10.2. The number of esters is 1. The molecule has 0 spiro atoms. The second kappa shape index (κ2) is 22.4. The van der Waals surface area contributed by atoms with Crippen molar-refractivity contribution in [2.75, 3.05) is 40.8 Å². The Hall–Kier alpha value is -1.70. The quantitative estimate of drug-likeness (QED) is 0.118. The minimum atomic E-state index is -1.83. The average Bonchev–Trinajstić information content (AvgIpc) is 3.22. The number of nitrogens with zero attached hydrogens (tertiary/aromatic N) is 1. The molecule has 16 heteroatoms. The van der Waals surface area contributed by atoms with Gasteiger partial charge in [-0.05, 0) is 119 Å². The third-order valence-electron chi connectivity index (χ3n) is 14.1. The van der Waals surface area contributed by atoms with E-state index in [-0.39, 0.29) is 43.9 Å². The average molecular weight is 917 g/mol. The standard InChI is InChI=1S/C47H82ClN3O12/c1-15-21-49-26-47(56)32(8)59-37(24-45(47,10)57-14)62-38-29(5)41(63-43-39(34(51(12)13)22-28(4)58-43)60-35-20-18-17-19-33(35)48)44(9,54)23-27(3)25-50-31(7)40(52)46(11,55)36(16-2)61-42(53)30(38)6/h17-20,27-32,34,36-41,43,49-50,52,54-56H,15-16,21-26H2,1-14H3/t27?,28-,29?,30?,31?,32+,34+,36?,37+,38?,39-,40?,41?,43+,44?,45-,46?,47+/m1/s1. The number of benzene rings is 1. The van der Waals surface area contributed by atoms with Crippen molar-refractivity contribution in [3.8, 4) is 5.75 Å². The zero-order valence-electron chi connectivity index (χ0n) is 40.4. The molecule has 3 fully saturated rings. The molecule has 0 radical (unpaired) electrons. The first-order chi connectivity index (χ1) is 29.4. The number of cyclic esters (lactones) is 1. The van der Waals surface area contributed by atoms with Crippen LogP contribution in [-0.4, -0.2) is 162 Å². The Morgan fingerprint density at radius 1 is 0.968 bits per heavy atom. The number of para-hydroxylation sites is 1. The monoisotopic (exact) mass is 916 g/mol. The van der Waals surface area contributed by atoms with Crippen LogP contribution in [0.5, 0.6) is 5.75 Å². The maximum atomic E-state index is 14.6. The highest BCUT2D eigenvalue weighted by atomic mass is 35.5. The molecule has 10 unspecified atom stereocenters. The number of aliphatic hydroxyl groups excluding tert-OH is 1. The molecular weight excluding hydrogens is 834 g/mol. The van der Waals surface area contributed by atoms with Crippen molar-refractivity contribution in [2.45, 2.75) is 198 Å². The van der Waals surface area contributed by atoms with E-state index in [1.165, 1.54) is 6.92 Å². The van der Waals surface area contributed by atoms with Gasteiger partial charge in [-0.3, -0.25) is 4.79 Å². The van der Waals surface area contributed by atoms with Gasteiger partial charge in [0, 0.05) is 32.0 Å². The highest BCUT2D eigenvalue weighted by Gasteiger charge is 2.58. The zero-order chi connectivity index (χ0) is 47.2. The lowest BCUT2D eigenvalue weighted by Gasteiger charge is -2.53. The Morgan fingerprint density at radius 2 is 1.63 bits per heavy atom. The summed E-state index contributed by atoms with van der Waals surface area (Å²) in [6, 6.07) is 6.41. The Bertz CT molecular complexity index is 1590. The van der Waals surface area contributed by atoms with Crippen LogP contribution in [-0.2, 0) is 33.2 Å². The smallest absolute Gasteiger partial charge is 0.311 e. The number of carbonyl (C=O) groups excluding carboxylic acids is 1. The summed E-state index contributed by atoms with van der Waals surface area (Å²) in [4.78, 5) is 16.6. The first-order valence-electron chi connectivity index (χ1n) is 23.1. The van der Waals surface area contributed by atoms with Crippen molar-refractivity contribution in [3.05, 3.63) is 29.3 Å². The number of methoxy groups -OCH3 is 1. The number of hydrogen-bond donors (Lipinski definition) is 6. The Kier molecular flexibility index (Phi) is 19.2. The number of aliphatic hydroxyl groups is 4. The molecule has 63 heavy (non-hydrogen) atoms. The van der Waals surface area contributed by atoms with Gasteiger partial charge < -0.3 is 69.1 Å². The van der Waals surface area contributed by atoms with Crippen LogP contribution in [0, 0.1) is 17.8 Å². The van der Waals surface area contributed by atoms with Gasteiger partial charge in [0.15, 0.2) is 18.7 Å². The van der Waals surface area contributed by atoms with Gasteiger partial charge in [0.05, 0.1) is 47.0 Å². The minimum absolute atomic E-state index is 0.0889. The van der Waals surface area contributed by atoms with E-state index in [9.17, 15) is 25.2 Å². The first-order valence-corrected chi connectivity index (χ1v) is 23.5. The molecule has 364 valence electrons. The van der Waals surface area contributed by atoms with Crippen LogP contribution in [0.25, 0.3) is 0 Å². The molecule has 3 aliphatic heterocycles. The topological polar surface area (TPSA) is 190 Å². The summed E-state index contributed by atoms with van der Waals surface area (Å²) in [6.07, 6.45) is -6.30. The third-order valence-corrected chi connectivity index (χ3v) is 14.4. The normalized spacial score (nSPS) is 43.8. The fraction of sp³-hybridized carbons (Fsp3) is 0.851. The molecule has 0 bridgehead atoms. The zero-order valence-corrected chi connectivity index (χ0v) is 41.2. The van der Waals surface area contributed by atoms with Crippen LogP contribution < -0.4 is 15.4 Å². The Morgan fingerprint density at radius 3 is 2.24 bits per heavy atom. The summed E-state index contributed by atoms with van der Waals surface area (Å²) in [7, 11) is 5.48. The number of likely N-dealkylation sites (N-methyl/N-ethyl adjacent to an activating group) is 1. The molecule has 1 aromatic carbocycles. The molecule has 15 nitrogen and oxygen atoms in total. The van der Waals surface area contributed by atoms with Crippen LogP contribution in [0.1, 0.15) is 108 Å². The van der Waals surface area contributed by atoms with Crippen molar-refractivity contribution >= 4 is 17.6 Å². The van der Waals surface area contributed by atoms with Crippen LogP contribution in [0.15, 0.2) is 24.3 Å². The molecule has 0 aromatic heterocycles. The Labute approximate surface area is 382 Å². The van der Waals surface area contributed by atoms with Gasteiger partial charge in [-0.25, -0.2) is 0 Å². The number of nitrogens with one attached hydrogen (secondary N) is 2. The van der Waals surface area contributed by atoms with Gasteiger partial charge in [-0.2, -0.15) is 0 Å². The number of rotatable bonds is 13. The lowest BCUT2D eigenvalue weighted by molar-refractivity contribution is -0.335. The van der Waals surface area contributed by atoms with E-state index < -0.39 is 95.5 Å².